The quantitative estimate of drug-likeness (QED) is 0.745. The third-order valence-electron chi connectivity index (χ3n) is 2.13. The van der Waals surface area contributed by atoms with Gasteiger partial charge in [0, 0.05) is 26.9 Å². The molecule has 0 bridgehead atoms. The molecule has 2 rings (SSSR count). The van der Waals surface area contributed by atoms with Gasteiger partial charge >= 0.3 is 0 Å². The summed E-state index contributed by atoms with van der Waals surface area (Å²) >= 11 is 6.89. The Morgan fingerprint density at radius 1 is 1.27 bits per heavy atom. The summed E-state index contributed by atoms with van der Waals surface area (Å²) in [5.41, 5.74) is 2.18. The summed E-state index contributed by atoms with van der Waals surface area (Å²) < 4.78 is 1.08. The van der Waals surface area contributed by atoms with Crippen molar-refractivity contribution >= 4 is 48.8 Å². The Morgan fingerprint density at radius 3 is 2.93 bits per heavy atom. The van der Waals surface area contributed by atoms with E-state index in [1.54, 1.807) is 0 Å². The molecule has 1 heterocycles. The fourth-order valence-corrected chi connectivity index (χ4v) is 2.10. The molecule has 0 amide bonds. The average Bonchev–Trinajstić information content (AvgIpc) is 2.29. The number of fused-ring (bicyclic) bond motifs is 1. The lowest BCUT2D eigenvalue weighted by molar-refractivity contribution is 1.40. The van der Waals surface area contributed by atoms with Gasteiger partial charge in [-0.2, -0.15) is 0 Å². The standard InChI is InChI=1S/C12H9Br2N/c13-7-1-3-9-5-6-11(14)10-4-2-8-15-12(9)10/h1-6,8H,7H2/b3-1+. The van der Waals surface area contributed by atoms with Crippen molar-refractivity contribution in [1.82, 2.24) is 4.98 Å². The van der Waals surface area contributed by atoms with Gasteiger partial charge in [0.1, 0.15) is 0 Å². The van der Waals surface area contributed by atoms with Gasteiger partial charge in [-0.25, -0.2) is 0 Å². The fraction of sp³-hybridized carbons (Fsp3) is 0.0833. The van der Waals surface area contributed by atoms with Crippen LogP contribution in [0.2, 0.25) is 0 Å². The van der Waals surface area contributed by atoms with Gasteiger partial charge in [-0.1, -0.05) is 56.1 Å². The Kier molecular flexibility index (Phi) is 3.54. The van der Waals surface area contributed by atoms with Crippen molar-refractivity contribution in [2.75, 3.05) is 5.33 Å². The van der Waals surface area contributed by atoms with E-state index in [2.05, 4.69) is 67.2 Å². The van der Waals surface area contributed by atoms with E-state index in [1.807, 2.05) is 12.3 Å². The molecule has 3 heteroatoms. The minimum absolute atomic E-state index is 0.859. The molecule has 2 aromatic rings. The predicted octanol–water partition coefficient (Wildman–Crippen LogP) is 4.41. The summed E-state index contributed by atoms with van der Waals surface area (Å²) in [6.45, 7) is 0. The minimum Gasteiger partial charge on any atom is -0.256 e. The van der Waals surface area contributed by atoms with Gasteiger partial charge < -0.3 is 0 Å². The van der Waals surface area contributed by atoms with Crippen molar-refractivity contribution < 1.29 is 0 Å². The Labute approximate surface area is 105 Å². The number of aromatic nitrogens is 1. The third-order valence-corrected chi connectivity index (χ3v) is 3.20. The van der Waals surface area contributed by atoms with Gasteiger partial charge in [-0.3, -0.25) is 4.98 Å². The molecule has 0 atom stereocenters. The summed E-state index contributed by atoms with van der Waals surface area (Å²) in [5.74, 6) is 0. The van der Waals surface area contributed by atoms with Crippen LogP contribution in [0.5, 0.6) is 0 Å². The molecular formula is C12H9Br2N. The molecule has 0 N–H and O–H groups in total. The number of allylic oxidation sites excluding steroid dienone is 1. The van der Waals surface area contributed by atoms with Gasteiger partial charge in [0.2, 0.25) is 0 Å². The van der Waals surface area contributed by atoms with Gasteiger partial charge in [-0.15, -0.1) is 0 Å². The maximum Gasteiger partial charge on any atom is 0.0785 e. The molecule has 1 aromatic carbocycles. The predicted molar refractivity (Wildman–Crippen MR) is 72.3 cm³/mol. The smallest absolute Gasteiger partial charge is 0.0785 e. The normalized spacial score (nSPS) is 11.3. The van der Waals surface area contributed by atoms with Crippen molar-refractivity contribution in [3.05, 3.63) is 46.6 Å². The van der Waals surface area contributed by atoms with Crippen LogP contribution in [-0.2, 0) is 0 Å². The first-order chi connectivity index (χ1) is 7.33. The summed E-state index contributed by atoms with van der Waals surface area (Å²) in [7, 11) is 0. The van der Waals surface area contributed by atoms with Crippen LogP contribution in [0, 0.1) is 0 Å². The molecule has 0 saturated carbocycles. The molecule has 1 nitrogen and oxygen atoms in total. The highest BCUT2D eigenvalue weighted by Gasteiger charge is 2.02. The lowest BCUT2D eigenvalue weighted by Crippen LogP contribution is -1.83. The highest BCUT2D eigenvalue weighted by molar-refractivity contribution is 9.10. The molecule has 0 aliphatic carbocycles. The van der Waals surface area contributed by atoms with Gasteiger partial charge in [-0.05, 0) is 12.1 Å². The van der Waals surface area contributed by atoms with Gasteiger partial charge in [0.15, 0.2) is 0 Å². The molecule has 0 unspecified atom stereocenters. The number of alkyl halides is 1. The molecule has 0 fully saturated rings. The van der Waals surface area contributed by atoms with Crippen molar-refractivity contribution in [3.8, 4) is 0 Å². The molecular weight excluding hydrogens is 318 g/mol. The second kappa shape index (κ2) is 4.90. The number of hydrogen-bond acceptors (Lipinski definition) is 1. The highest BCUT2D eigenvalue weighted by Crippen LogP contribution is 2.25. The van der Waals surface area contributed by atoms with E-state index >= 15 is 0 Å². The number of hydrogen-bond donors (Lipinski definition) is 0. The van der Waals surface area contributed by atoms with E-state index in [0.717, 1.165) is 26.3 Å². The first-order valence-corrected chi connectivity index (χ1v) is 6.50. The van der Waals surface area contributed by atoms with E-state index < -0.39 is 0 Å². The number of rotatable bonds is 2. The maximum atomic E-state index is 4.40. The highest BCUT2D eigenvalue weighted by atomic mass is 79.9. The topological polar surface area (TPSA) is 12.9 Å². The summed E-state index contributed by atoms with van der Waals surface area (Å²) in [6.07, 6.45) is 5.97. The molecule has 15 heavy (non-hydrogen) atoms. The van der Waals surface area contributed by atoms with E-state index in [4.69, 9.17) is 0 Å². The number of nitrogens with zero attached hydrogens (tertiary/aromatic N) is 1. The van der Waals surface area contributed by atoms with Crippen molar-refractivity contribution in [3.63, 3.8) is 0 Å². The molecule has 0 aliphatic rings. The molecule has 0 aliphatic heterocycles. The second-order valence-electron chi connectivity index (χ2n) is 3.09. The van der Waals surface area contributed by atoms with Crippen LogP contribution in [0.25, 0.3) is 17.0 Å². The van der Waals surface area contributed by atoms with E-state index in [9.17, 15) is 0 Å². The zero-order valence-electron chi connectivity index (χ0n) is 7.95. The van der Waals surface area contributed by atoms with E-state index in [1.165, 1.54) is 0 Å². The van der Waals surface area contributed by atoms with E-state index in [-0.39, 0.29) is 0 Å². The Bertz CT molecular complexity index is 506. The molecule has 76 valence electrons. The zero-order valence-corrected chi connectivity index (χ0v) is 11.1. The van der Waals surface area contributed by atoms with Crippen LogP contribution in [0.1, 0.15) is 5.56 Å². The minimum atomic E-state index is 0.859. The van der Waals surface area contributed by atoms with Crippen LogP contribution in [0.15, 0.2) is 41.0 Å². The average molecular weight is 327 g/mol. The fourth-order valence-electron chi connectivity index (χ4n) is 1.47. The molecule has 0 saturated heterocycles. The molecule has 0 radical (unpaired) electrons. The molecule has 1 aromatic heterocycles. The van der Waals surface area contributed by atoms with Crippen LogP contribution in [-0.4, -0.2) is 10.3 Å². The van der Waals surface area contributed by atoms with Crippen LogP contribution < -0.4 is 0 Å². The van der Waals surface area contributed by atoms with Crippen molar-refractivity contribution in [1.29, 1.82) is 0 Å². The summed E-state index contributed by atoms with van der Waals surface area (Å²) in [4.78, 5) is 4.40. The SMILES string of the molecule is BrC/C=C/c1ccc(Br)c2cccnc12. The first-order valence-electron chi connectivity index (χ1n) is 4.58. The number of halogens is 2. The lowest BCUT2D eigenvalue weighted by atomic mass is 10.1. The number of benzene rings is 1. The van der Waals surface area contributed by atoms with E-state index in [0.29, 0.717) is 0 Å². The zero-order chi connectivity index (χ0) is 10.7. The molecule has 0 spiro atoms. The van der Waals surface area contributed by atoms with Gasteiger partial charge in [0.25, 0.3) is 0 Å². The summed E-state index contributed by atoms with van der Waals surface area (Å²) in [5, 5.41) is 2.01. The van der Waals surface area contributed by atoms with Gasteiger partial charge in [0.05, 0.1) is 5.52 Å². The Balaban J connectivity index is 2.66. The second-order valence-corrected chi connectivity index (χ2v) is 4.59. The lowest BCUT2D eigenvalue weighted by Gasteiger charge is -2.02. The Hall–Kier alpha value is -0.670. The van der Waals surface area contributed by atoms with Crippen LogP contribution in [0.4, 0.5) is 0 Å². The maximum absolute atomic E-state index is 4.40. The van der Waals surface area contributed by atoms with Crippen LogP contribution in [0.3, 0.4) is 0 Å². The first kappa shape index (κ1) is 10.8. The van der Waals surface area contributed by atoms with Crippen molar-refractivity contribution in [2.24, 2.45) is 0 Å². The largest absolute Gasteiger partial charge is 0.256 e. The monoisotopic (exact) mass is 325 g/mol. The number of pyridine rings is 1. The van der Waals surface area contributed by atoms with Crippen molar-refractivity contribution in [2.45, 2.75) is 0 Å². The van der Waals surface area contributed by atoms with Crippen LogP contribution >= 0.6 is 31.9 Å². The third kappa shape index (κ3) is 2.29. The summed E-state index contributed by atoms with van der Waals surface area (Å²) in [6, 6.07) is 8.14. The Morgan fingerprint density at radius 2 is 2.13 bits per heavy atom.